The van der Waals surface area contributed by atoms with Crippen LogP contribution in [0.2, 0.25) is 0 Å². The van der Waals surface area contributed by atoms with Crippen molar-refractivity contribution in [2.45, 2.75) is 38.9 Å². The number of benzene rings is 4. The molecule has 0 bridgehead atoms. The molecule has 204 valence electrons. The van der Waals surface area contributed by atoms with Gasteiger partial charge < -0.3 is 14.8 Å². The van der Waals surface area contributed by atoms with E-state index in [0.29, 0.717) is 22.0 Å². The van der Waals surface area contributed by atoms with Gasteiger partial charge in [-0.05, 0) is 87.4 Å². The fourth-order valence-corrected chi connectivity index (χ4v) is 5.19. The number of cyclic esters (lactones) is 1. The normalized spacial score (nSPS) is 16.1. The molecular formula is C32H28F2N2O3S. The van der Waals surface area contributed by atoms with Crippen molar-refractivity contribution in [2.24, 2.45) is 0 Å². The minimum atomic E-state index is -0.737. The Balaban J connectivity index is 0.000000161. The van der Waals surface area contributed by atoms with Crippen LogP contribution in [0.15, 0.2) is 84.9 Å². The summed E-state index contributed by atoms with van der Waals surface area (Å²) in [4.78, 5) is 11.5. The lowest BCUT2D eigenvalue weighted by Gasteiger charge is -2.34. The van der Waals surface area contributed by atoms with E-state index in [1.54, 1.807) is 42.5 Å². The summed E-state index contributed by atoms with van der Waals surface area (Å²) in [6.45, 7) is 7.53. The van der Waals surface area contributed by atoms with Crippen LogP contribution in [0.4, 0.5) is 25.0 Å². The van der Waals surface area contributed by atoms with Crippen molar-refractivity contribution in [2.75, 3.05) is 10.6 Å². The maximum atomic E-state index is 13.9. The van der Waals surface area contributed by atoms with Gasteiger partial charge in [0, 0.05) is 27.9 Å². The van der Waals surface area contributed by atoms with E-state index >= 15 is 0 Å². The third-order valence-electron chi connectivity index (χ3n) is 6.88. The number of hydrogen-bond acceptors (Lipinski definition) is 4. The Morgan fingerprint density at radius 2 is 1.10 bits per heavy atom. The highest BCUT2D eigenvalue weighted by Gasteiger charge is 2.34. The highest BCUT2D eigenvalue weighted by atomic mass is 32.1. The third kappa shape index (κ3) is 5.40. The van der Waals surface area contributed by atoms with Gasteiger partial charge in [-0.2, -0.15) is 0 Å². The molecule has 0 spiro atoms. The highest BCUT2D eigenvalue weighted by Crippen LogP contribution is 2.39. The van der Waals surface area contributed by atoms with Crippen molar-refractivity contribution in [1.29, 1.82) is 0 Å². The Morgan fingerprint density at radius 3 is 1.60 bits per heavy atom. The third-order valence-corrected chi connectivity index (χ3v) is 7.06. The molecule has 8 heteroatoms. The van der Waals surface area contributed by atoms with Crippen molar-refractivity contribution >= 4 is 34.9 Å². The van der Waals surface area contributed by atoms with Crippen molar-refractivity contribution < 1.29 is 23.0 Å². The van der Waals surface area contributed by atoms with E-state index in [1.165, 1.54) is 12.1 Å². The predicted molar refractivity (Wildman–Crippen MR) is 157 cm³/mol. The van der Waals surface area contributed by atoms with Crippen LogP contribution in [0.5, 0.6) is 0 Å². The van der Waals surface area contributed by atoms with E-state index in [2.05, 4.69) is 10.6 Å². The Kier molecular flexibility index (Phi) is 7.06. The summed E-state index contributed by atoms with van der Waals surface area (Å²) in [6, 6.07) is 24.5. The second kappa shape index (κ2) is 10.4. The zero-order valence-corrected chi connectivity index (χ0v) is 23.3. The van der Waals surface area contributed by atoms with Gasteiger partial charge in [0.05, 0.1) is 5.69 Å². The minimum absolute atomic E-state index is 0.231. The number of carbonyl (C=O) groups excluding carboxylic acids is 1. The first-order chi connectivity index (χ1) is 18.9. The van der Waals surface area contributed by atoms with Gasteiger partial charge in [0.1, 0.15) is 22.8 Å². The molecule has 2 heterocycles. The molecule has 0 atom stereocenters. The number of nitrogens with one attached hydrogen (secondary N) is 2. The van der Waals surface area contributed by atoms with Gasteiger partial charge in [-0.15, -0.1) is 0 Å². The zero-order chi connectivity index (χ0) is 28.7. The van der Waals surface area contributed by atoms with E-state index < -0.39 is 17.3 Å². The lowest BCUT2D eigenvalue weighted by molar-refractivity contribution is 0.0421. The molecule has 6 rings (SSSR count). The lowest BCUT2D eigenvalue weighted by atomic mass is 9.91. The molecule has 0 unspecified atom stereocenters. The van der Waals surface area contributed by atoms with Crippen molar-refractivity contribution in [3.05, 3.63) is 108 Å². The fraction of sp³-hybridized carbons (Fsp3) is 0.188. The van der Waals surface area contributed by atoms with Crippen LogP contribution in [-0.4, -0.2) is 11.3 Å². The van der Waals surface area contributed by atoms with Crippen molar-refractivity contribution in [1.82, 2.24) is 0 Å². The highest BCUT2D eigenvalue weighted by molar-refractivity contribution is 7.80. The zero-order valence-electron chi connectivity index (χ0n) is 22.5. The molecule has 0 saturated heterocycles. The summed E-state index contributed by atoms with van der Waals surface area (Å²) in [7, 11) is 0. The number of thiocarbonyl (C=S) groups is 1. The first kappa shape index (κ1) is 27.3. The molecule has 5 nitrogen and oxygen atoms in total. The Morgan fingerprint density at radius 1 is 0.650 bits per heavy atom. The lowest BCUT2D eigenvalue weighted by Crippen LogP contribution is -2.34. The maximum absolute atomic E-state index is 13.9. The number of fused-ring (bicyclic) bond motifs is 2. The van der Waals surface area contributed by atoms with E-state index in [9.17, 15) is 13.6 Å². The molecule has 2 N–H and O–H groups in total. The Bertz CT molecular complexity index is 1510. The monoisotopic (exact) mass is 558 g/mol. The second-order valence-electron chi connectivity index (χ2n) is 10.5. The SMILES string of the molecule is CC1(C)OC(=O)Nc2ccc(-c3ccccc3F)cc21.CC1(C)OC(=S)Nc2ccc(-c3ccccc3F)cc21. The molecule has 4 aromatic carbocycles. The molecule has 2 aliphatic rings. The van der Waals surface area contributed by atoms with Crippen LogP contribution < -0.4 is 10.6 Å². The first-order valence-corrected chi connectivity index (χ1v) is 13.1. The molecule has 2 aliphatic heterocycles. The van der Waals surface area contributed by atoms with Crippen LogP contribution >= 0.6 is 12.2 Å². The van der Waals surface area contributed by atoms with Gasteiger partial charge in [0.2, 0.25) is 0 Å². The molecule has 40 heavy (non-hydrogen) atoms. The molecule has 4 aromatic rings. The smallest absolute Gasteiger partial charge is 0.412 e. The molecule has 0 aromatic heterocycles. The fourth-order valence-electron chi connectivity index (χ4n) is 4.87. The summed E-state index contributed by atoms with van der Waals surface area (Å²) in [5, 5.41) is 6.04. The average molecular weight is 559 g/mol. The number of rotatable bonds is 2. The number of amides is 1. The Labute approximate surface area is 237 Å². The molecule has 0 fully saturated rings. The quantitative estimate of drug-likeness (QED) is 0.241. The van der Waals surface area contributed by atoms with Crippen LogP contribution in [0.1, 0.15) is 38.8 Å². The predicted octanol–water partition coefficient (Wildman–Crippen LogP) is 8.74. The van der Waals surface area contributed by atoms with E-state index in [0.717, 1.165) is 27.9 Å². The van der Waals surface area contributed by atoms with Crippen LogP contribution in [0, 0.1) is 11.6 Å². The van der Waals surface area contributed by atoms with Crippen molar-refractivity contribution in [3.63, 3.8) is 0 Å². The number of carbonyl (C=O) groups is 1. The van der Waals surface area contributed by atoms with Gasteiger partial charge in [0.25, 0.3) is 5.17 Å². The number of halogens is 2. The minimum Gasteiger partial charge on any atom is -0.460 e. The van der Waals surface area contributed by atoms with Crippen LogP contribution in [0.3, 0.4) is 0 Å². The maximum Gasteiger partial charge on any atom is 0.412 e. The number of ether oxygens (including phenoxy) is 2. The summed E-state index contributed by atoms with van der Waals surface area (Å²) in [6.07, 6.45) is -0.471. The van der Waals surface area contributed by atoms with Crippen LogP contribution in [0.25, 0.3) is 22.3 Å². The van der Waals surface area contributed by atoms with E-state index in [4.69, 9.17) is 21.7 Å². The Hall–Kier alpha value is -4.30. The van der Waals surface area contributed by atoms with Gasteiger partial charge in [0.15, 0.2) is 0 Å². The summed E-state index contributed by atoms with van der Waals surface area (Å²) >= 11 is 5.08. The number of hydrogen-bond donors (Lipinski definition) is 2. The summed E-state index contributed by atoms with van der Waals surface area (Å²) in [5.41, 5.74) is 4.84. The second-order valence-corrected chi connectivity index (χ2v) is 10.9. The summed E-state index contributed by atoms with van der Waals surface area (Å²) in [5.74, 6) is -0.503. The topological polar surface area (TPSA) is 59.6 Å². The molecule has 0 aliphatic carbocycles. The summed E-state index contributed by atoms with van der Waals surface area (Å²) < 4.78 is 38.7. The first-order valence-electron chi connectivity index (χ1n) is 12.7. The van der Waals surface area contributed by atoms with E-state index in [1.807, 2.05) is 58.0 Å². The molecule has 1 amide bonds. The average Bonchev–Trinajstić information content (AvgIpc) is 2.88. The molecule has 0 radical (unpaired) electrons. The largest absolute Gasteiger partial charge is 0.460 e. The molecular weight excluding hydrogens is 530 g/mol. The van der Waals surface area contributed by atoms with Crippen molar-refractivity contribution in [3.8, 4) is 22.3 Å². The van der Waals surface area contributed by atoms with Gasteiger partial charge in [-0.25, -0.2) is 13.6 Å². The van der Waals surface area contributed by atoms with E-state index in [-0.39, 0.29) is 11.6 Å². The van der Waals surface area contributed by atoms with Gasteiger partial charge >= 0.3 is 6.09 Å². The number of anilines is 2. The molecule has 0 saturated carbocycles. The van der Waals surface area contributed by atoms with Gasteiger partial charge in [-0.1, -0.05) is 48.5 Å². The standard InChI is InChI=1S/C16H14FNO2.C16H14FNOS/c1-16(2)12-9-10(11-5-3-4-6-13(11)17)7-8-14(12)18-15(19)20-16;1-16(2)12-9-10(11-5-3-4-6-13(11)17)7-8-14(12)18-15(20)19-16/h3-9H,1-2H3,(H,18,19);3-9H,1-2H3,(H,18,20). The van der Waals surface area contributed by atoms with Gasteiger partial charge in [-0.3, -0.25) is 5.32 Å². The van der Waals surface area contributed by atoms with Crippen LogP contribution in [-0.2, 0) is 20.7 Å².